The fourth-order valence-electron chi connectivity index (χ4n) is 2.07. The van der Waals surface area contributed by atoms with E-state index in [4.69, 9.17) is 4.74 Å². The molecule has 1 rings (SSSR count). The van der Waals surface area contributed by atoms with Crippen LogP contribution >= 0.6 is 0 Å². The minimum Gasteiger partial charge on any atom is -0.461 e. The number of nitrogens with zero attached hydrogens (tertiary/aromatic N) is 1. The Morgan fingerprint density at radius 2 is 2.00 bits per heavy atom. The highest BCUT2D eigenvalue weighted by Crippen LogP contribution is 2.09. The van der Waals surface area contributed by atoms with Crippen LogP contribution in [0.2, 0.25) is 0 Å². The van der Waals surface area contributed by atoms with Crippen molar-refractivity contribution in [2.45, 2.75) is 64.9 Å². The second-order valence-electron chi connectivity index (χ2n) is 5.21. The smallest absolute Gasteiger partial charge is 0.306 e. The van der Waals surface area contributed by atoms with Crippen molar-refractivity contribution in [3.05, 3.63) is 42.2 Å². The highest BCUT2D eigenvalue weighted by atomic mass is 16.5. The van der Waals surface area contributed by atoms with Crippen LogP contribution in [0.25, 0.3) is 0 Å². The number of ether oxygens (including phenoxy) is 1. The maximum absolute atomic E-state index is 11.6. The lowest BCUT2D eigenvalue weighted by atomic mass is 10.1. The van der Waals surface area contributed by atoms with E-state index in [9.17, 15) is 4.79 Å². The van der Waals surface area contributed by atoms with E-state index in [0.29, 0.717) is 13.0 Å². The van der Waals surface area contributed by atoms with Crippen molar-refractivity contribution in [1.82, 2.24) is 4.98 Å². The second kappa shape index (κ2) is 12.1. The molecule has 1 aromatic rings. The normalized spacial score (nSPS) is 10.9. The molecule has 1 heterocycles. The summed E-state index contributed by atoms with van der Waals surface area (Å²) in [4.78, 5) is 15.6. The van der Waals surface area contributed by atoms with Crippen molar-refractivity contribution in [3.63, 3.8) is 0 Å². The predicted octanol–water partition coefficient (Wildman–Crippen LogP) is 4.82. The lowest BCUT2D eigenvalue weighted by Crippen LogP contribution is -2.04. The molecule has 116 valence electrons. The van der Waals surface area contributed by atoms with E-state index in [1.165, 1.54) is 25.7 Å². The minimum atomic E-state index is -0.107. The van der Waals surface area contributed by atoms with Crippen LogP contribution in [-0.2, 0) is 16.1 Å². The van der Waals surface area contributed by atoms with E-state index in [1.54, 1.807) is 12.4 Å². The van der Waals surface area contributed by atoms with Crippen LogP contribution in [0.3, 0.4) is 0 Å². The average Bonchev–Trinajstić information content (AvgIpc) is 2.52. The Hall–Kier alpha value is -1.64. The SMILES string of the molecule is CC/C=C\CCCCCCCC(=O)OCc1cccnc1. The molecule has 21 heavy (non-hydrogen) atoms. The molecule has 0 aliphatic rings. The fraction of sp³-hybridized carbons (Fsp3) is 0.556. The number of unbranched alkanes of at least 4 members (excludes halogenated alkanes) is 5. The van der Waals surface area contributed by atoms with Gasteiger partial charge in [0.2, 0.25) is 0 Å². The average molecular weight is 289 g/mol. The van der Waals surface area contributed by atoms with Gasteiger partial charge < -0.3 is 4.74 Å². The Balaban J connectivity index is 1.93. The lowest BCUT2D eigenvalue weighted by Gasteiger charge is -2.04. The second-order valence-corrected chi connectivity index (χ2v) is 5.21. The van der Waals surface area contributed by atoms with Crippen LogP contribution in [0.5, 0.6) is 0 Å². The third-order valence-corrected chi connectivity index (χ3v) is 3.28. The van der Waals surface area contributed by atoms with Gasteiger partial charge in [0.1, 0.15) is 6.61 Å². The molecule has 0 saturated heterocycles. The van der Waals surface area contributed by atoms with Crippen molar-refractivity contribution < 1.29 is 9.53 Å². The summed E-state index contributed by atoms with van der Waals surface area (Å²) in [5.41, 5.74) is 0.936. The molecule has 0 N–H and O–H groups in total. The predicted molar refractivity (Wildman–Crippen MR) is 85.8 cm³/mol. The van der Waals surface area contributed by atoms with E-state index >= 15 is 0 Å². The first-order chi connectivity index (χ1) is 10.3. The molecular weight excluding hydrogens is 262 g/mol. The van der Waals surface area contributed by atoms with Crippen LogP contribution in [0.1, 0.15) is 63.9 Å². The van der Waals surface area contributed by atoms with Gasteiger partial charge in [0.05, 0.1) is 0 Å². The topological polar surface area (TPSA) is 39.2 Å². The van der Waals surface area contributed by atoms with Crippen molar-refractivity contribution in [1.29, 1.82) is 0 Å². The molecule has 0 aromatic carbocycles. The molecule has 0 spiro atoms. The molecule has 0 atom stereocenters. The molecule has 0 bridgehead atoms. The molecule has 0 saturated carbocycles. The van der Waals surface area contributed by atoms with E-state index in [-0.39, 0.29) is 5.97 Å². The number of esters is 1. The molecule has 1 aromatic heterocycles. The minimum absolute atomic E-state index is 0.107. The summed E-state index contributed by atoms with van der Waals surface area (Å²) in [5.74, 6) is -0.107. The molecule has 0 amide bonds. The van der Waals surface area contributed by atoms with E-state index in [1.807, 2.05) is 12.1 Å². The Morgan fingerprint density at radius 3 is 2.76 bits per heavy atom. The Labute approximate surface area is 128 Å². The maximum atomic E-state index is 11.6. The summed E-state index contributed by atoms with van der Waals surface area (Å²) in [5, 5.41) is 0. The molecular formula is C18H27NO2. The van der Waals surface area contributed by atoms with Crippen LogP contribution in [-0.4, -0.2) is 11.0 Å². The summed E-state index contributed by atoms with van der Waals surface area (Å²) < 4.78 is 5.21. The highest BCUT2D eigenvalue weighted by Gasteiger charge is 2.03. The van der Waals surface area contributed by atoms with Gasteiger partial charge in [-0.3, -0.25) is 9.78 Å². The maximum Gasteiger partial charge on any atom is 0.306 e. The Morgan fingerprint density at radius 1 is 1.19 bits per heavy atom. The van der Waals surface area contributed by atoms with Gasteiger partial charge in [0, 0.05) is 24.4 Å². The third-order valence-electron chi connectivity index (χ3n) is 3.28. The Kier molecular flexibility index (Phi) is 10.1. The van der Waals surface area contributed by atoms with Gasteiger partial charge >= 0.3 is 5.97 Å². The lowest BCUT2D eigenvalue weighted by molar-refractivity contribution is -0.145. The zero-order valence-electron chi connectivity index (χ0n) is 13.1. The van der Waals surface area contributed by atoms with Crippen LogP contribution in [0.15, 0.2) is 36.7 Å². The fourth-order valence-corrected chi connectivity index (χ4v) is 2.07. The summed E-state index contributed by atoms with van der Waals surface area (Å²) in [6, 6.07) is 3.76. The number of rotatable bonds is 11. The standard InChI is InChI=1S/C18H27NO2/c1-2-3-4-5-6-7-8-9-10-13-18(20)21-16-17-12-11-14-19-15-17/h3-4,11-12,14-15H,2,5-10,13,16H2,1H3/b4-3-. The highest BCUT2D eigenvalue weighted by molar-refractivity contribution is 5.69. The molecule has 3 nitrogen and oxygen atoms in total. The zero-order valence-corrected chi connectivity index (χ0v) is 13.1. The quantitative estimate of drug-likeness (QED) is 0.333. The number of hydrogen-bond acceptors (Lipinski definition) is 3. The number of allylic oxidation sites excluding steroid dienone is 2. The van der Waals surface area contributed by atoms with Crippen molar-refractivity contribution >= 4 is 5.97 Å². The van der Waals surface area contributed by atoms with Crippen molar-refractivity contribution in [2.24, 2.45) is 0 Å². The zero-order chi connectivity index (χ0) is 15.2. The van der Waals surface area contributed by atoms with Gasteiger partial charge in [-0.25, -0.2) is 0 Å². The summed E-state index contributed by atoms with van der Waals surface area (Å²) in [6.07, 6.45) is 16.5. The van der Waals surface area contributed by atoms with Crippen molar-refractivity contribution in [3.8, 4) is 0 Å². The molecule has 0 aliphatic carbocycles. The first-order valence-electron chi connectivity index (χ1n) is 8.02. The number of carbonyl (C=O) groups is 1. The van der Waals surface area contributed by atoms with Crippen LogP contribution in [0.4, 0.5) is 0 Å². The number of aromatic nitrogens is 1. The van der Waals surface area contributed by atoms with Gasteiger partial charge in [0.25, 0.3) is 0 Å². The number of carbonyl (C=O) groups excluding carboxylic acids is 1. The number of pyridine rings is 1. The van der Waals surface area contributed by atoms with Gasteiger partial charge in [-0.2, -0.15) is 0 Å². The first-order valence-corrected chi connectivity index (χ1v) is 8.02. The van der Waals surface area contributed by atoms with Gasteiger partial charge in [-0.1, -0.05) is 44.4 Å². The third kappa shape index (κ3) is 9.83. The largest absolute Gasteiger partial charge is 0.461 e. The van der Waals surface area contributed by atoms with E-state index in [2.05, 4.69) is 24.1 Å². The monoisotopic (exact) mass is 289 g/mol. The number of hydrogen-bond donors (Lipinski definition) is 0. The van der Waals surface area contributed by atoms with Gasteiger partial charge in [-0.15, -0.1) is 0 Å². The summed E-state index contributed by atoms with van der Waals surface area (Å²) in [6.45, 7) is 2.49. The molecule has 0 radical (unpaired) electrons. The van der Waals surface area contributed by atoms with Crippen molar-refractivity contribution in [2.75, 3.05) is 0 Å². The van der Waals surface area contributed by atoms with E-state index < -0.39 is 0 Å². The Bertz CT molecular complexity index is 401. The van der Waals surface area contributed by atoms with Crippen LogP contribution in [0, 0.1) is 0 Å². The van der Waals surface area contributed by atoms with Gasteiger partial charge in [0.15, 0.2) is 0 Å². The summed E-state index contributed by atoms with van der Waals surface area (Å²) >= 11 is 0. The van der Waals surface area contributed by atoms with Crippen LogP contribution < -0.4 is 0 Å². The molecule has 0 unspecified atom stereocenters. The van der Waals surface area contributed by atoms with E-state index in [0.717, 1.165) is 24.8 Å². The first kappa shape index (κ1) is 17.4. The summed E-state index contributed by atoms with van der Waals surface area (Å²) in [7, 11) is 0. The molecule has 3 heteroatoms. The van der Waals surface area contributed by atoms with Gasteiger partial charge in [-0.05, 0) is 31.7 Å². The molecule has 0 fully saturated rings. The molecule has 0 aliphatic heterocycles.